The molecule has 0 fully saturated rings. The first-order valence-electron chi connectivity index (χ1n) is 10.4. The minimum Gasteiger partial charge on any atom is -0.495 e. The van der Waals surface area contributed by atoms with Gasteiger partial charge in [-0.3, -0.25) is 9.59 Å². The van der Waals surface area contributed by atoms with Crippen LogP contribution in [-0.4, -0.2) is 45.3 Å². The summed E-state index contributed by atoms with van der Waals surface area (Å²) in [5, 5.41) is 6.26. The normalized spacial score (nSPS) is 10.4. The second-order valence-electron chi connectivity index (χ2n) is 6.99. The maximum atomic E-state index is 12.7. The van der Waals surface area contributed by atoms with Gasteiger partial charge in [-0.1, -0.05) is 28.1 Å². The Morgan fingerprint density at radius 1 is 0.806 bits per heavy atom. The molecule has 0 heterocycles. The van der Waals surface area contributed by atoms with Gasteiger partial charge in [-0.05, 0) is 48.5 Å². The predicted molar refractivity (Wildman–Crippen MR) is 136 cm³/mol. The molecule has 0 spiro atoms. The maximum Gasteiger partial charge on any atom is 0.343 e. The van der Waals surface area contributed by atoms with Crippen LogP contribution in [0.1, 0.15) is 15.9 Å². The Balaban J connectivity index is 1.70. The van der Waals surface area contributed by atoms with Crippen molar-refractivity contribution >= 4 is 45.6 Å². The summed E-state index contributed by atoms with van der Waals surface area (Å²) in [4.78, 5) is 37.1. The monoisotopic (exact) mass is 555 g/mol. The summed E-state index contributed by atoms with van der Waals surface area (Å²) in [5.74, 6) is -1.17. The number of nitrogens with zero attached hydrogens (tertiary/aromatic N) is 1. The minimum absolute atomic E-state index is 0.175. The van der Waals surface area contributed by atoms with Crippen molar-refractivity contribution in [3.05, 3.63) is 76.3 Å². The fourth-order valence-corrected chi connectivity index (χ4v) is 3.35. The fraction of sp³-hybridized carbons (Fsp3) is 0.120. The molecular weight excluding hydrogens is 534 g/mol. The number of para-hydroxylation sites is 2. The van der Waals surface area contributed by atoms with Crippen LogP contribution in [0.4, 0.5) is 5.69 Å². The van der Waals surface area contributed by atoms with Gasteiger partial charge in [-0.15, -0.1) is 0 Å². The third-order valence-electron chi connectivity index (χ3n) is 4.72. The highest BCUT2D eigenvalue weighted by Crippen LogP contribution is 2.29. The van der Waals surface area contributed by atoms with E-state index >= 15 is 0 Å². The van der Waals surface area contributed by atoms with Crippen LogP contribution in [0.3, 0.4) is 0 Å². The first kappa shape index (κ1) is 26.2. The van der Waals surface area contributed by atoms with Crippen LogP contribution >= 0.6 is 15.9 Å². The van der Waals surface area contributed by atoms with E-state index in [9.17, 15) is 14.4 Å². The average molecular weight is 556 g/mol. The first-order valence-corrected chi connectivity index (χ1v) is 11.2. The molecule has 2 amide bonds. The first-order chi connectivity index (χ1) is 17.4. The molecule has 3 aromatic rings. The molecule has 0 aliphatic heterocycles. The molecule has 0 aliphatic rings. The number of carbonyl (C=O) groups excluding carboxylic acids is 3. The Bertz CT molecular complexity index is 1310. The summed E-state index contributed by atoms with van der Waals surface area (Å²) in [6.45, 7) is 0. The molecule has 11 heteroatoms. The van der Waals surface area contributed by atoms with E-state index in [1.54, 1.807) is 48.5 Å². The van der Waals surface area contributed by atoms with Crippen molar-refractivity contribution < 1.29 is 33.3 Å². The Hall–Kier alpha value is -4.38. The van der Waals surface area contributed by atoms with Crippen LogP contribution in [0.15, 0.2) is 70.2 Å². The van der Waals surface area contributed by atoms with Crippen LogP contribution in [-0.2, 0) is 9.59 Å². The van der Waals surface area contributed by atoms with Gasteiger partial charge >= 0.3 is 17.8 Å². The van der Waals surface area contributed by atoms with Crippen LogP contribution in [0.2, 0.25) is 0 Å². The number of nitrogens with one attached hydrogen (secondary N) is 2. The molecule has 3 aromatic carbocycles. The molecule has 0 bridgehead atoms. The number of halogens is 1. The van der Waals surface area contributed by atoms with E-state index in [1.807, 2.05) is 0 Å². The number of esters is 1. The third-order valence-corrected chi connectivity index (χ3v) is 5.22. The summed E-state index contributed by atoms with van der Waals surface area (Å²) >= 11 is 3.34. The zero-order valence-electron chi connectivity index (χ0n) is 19.5. The summed E-state index contributed by atoms with van der Waals surface area (Å²) in [7, 11) is 4.40. The number of anilines is 1. The third kappa shape index (κ3) is 6.60. The van der Waals surface area contributed by atoms with E-state index in [0.29, 0.717) is 33.0 Å². The highest BCUT2D eigenvalue weighted by Gasteiger charge is 2.16. The van der Waals surface area contributed by atoms with E-state index in [0.717, 1.165) is 0 Å². The topological polar surface area (TPSA) is 125 Å². The Morgan fingerprint density at radius 3 is 2.22 bits per heavy atom. The van der Waals surface area contributed by atoms with Crippen molar-refractivity contribution in [2.24, 2.45) is 5.10 Å². The maximum absolute atomic E-state index is 12.7. The number of rotatable bonds is 8. The zero-order valence-corrected chi connectivity index (χ0v) is 21.1. The lowest BCUT2D eigenvalue weighted by molar-refractivity contribution is -0.136. The number of carbonyl (C=O) groups is 3. The zero-order chi connectivity index (χ0) is 26.1. The number of methoxy groups -OCH3 is 3. The van der Waals surface area contributed by atoms with E-state index in [2.05, 4.69) is 31.8 Å². The lowest BCUT2D eigenvalue weighted by Crippen LogP contribution is -2.32. The van der Waals surface area contributed by atoms with Crippen molar-refractivity contribution in [1.82, 2.24) is 5.43 Å². The van der Waals surface area contributed by atoms with Gasteiger partial charge in [-0.2, -0.15) is 5.10 Å². The fourth-order valence-electron chi connectivity index (χ4n) is 2.97. The van der Waals surface area contributed by atoms with Gasteiger partial charge in [0.2, 0.25) is 0 Å². The SMILES string of the molecule is COc1ccccc1NC(=O)C(=O)N/N=C\c1cc(Br)ccc1OC(=O)c1ccc(OC)c(OC)c1. The second kappa shape index (κ2) is 12.4. The van der Waals surface area contributed by atoms with E-state index in [-0.39, 0.29) is 11.3 Å². The quantitative estimate of drug-likeness (QED) is 0.142. The van der Waals surface area contributed by atoms with E-state index in [4.69, 9.17) is 18.9 Å². The summed E-state index contributed by atoms with van der Waals surface area (Å²) in [6, 6.07) is 16.1. The standard InChI is InChI=1S/C25H22BrN3O7/c1-33-20-7-5-4-6-18(20)28-23(30)24(31)29-27-14-16-12-17(26)9-11-19(16)36-25(32)15-8-10-21(34-2)22(13-15)35-3/h4-14H,1-3H3,(H,28,30)(H,29,31)/b27-14-. The molecule has 186 valence electrons. The van der Waals surface area contributed by atoms with Gasteiger partial charge in [0.25, 0.3) is 0 Å². The lowest BCUT2D eigenvalue weighted by Gasteiger charge is -2.11. The Morgan fingerprint density at radius 2 is 1.50 bits per heavy atom. The van der Waals surface area contributed by atoms with Crippen molar-refractivity contribution in [1.29, 1.82) is 0 Å². The number of hydrazone groups is 1. The van der Waals surface area contributed by atoms with Gasteiger partial charge in [0, 0.05) is 10.0 Å². The molecule has 0 saturated carbocycles. The molecule has 36 heavy (non-hydrogen) atoms. The van der Waals surface area contributed by atoms with Crippen molar-refractivity contribution in [3.63, 3.8) is 0 Å². The highest BCUT2D eigenvalue weighted by molar-refractivity contribution is 9.10. The van der Waals surface area contributed by atoms with Gasteiger partial charge in [0.05, 0.1) is 38.8 Å². The van der Waals surface area contributed by atoms with Crippen LogP contribution in [0, 0.1) is 0 Å². The highest BCUT2D eigenvalue weighted by atomic mass is 79.9. The molecule has 3 rings (SSSR count). The number of hydrogen-bond acceptors (Lipinski definition) is 8. The van der Waals surface area contributed by atoms with E-state index in [1.165, 1.54) is 39.7 Å². The van der Waals surface area contributed by atoms with Crippen LogP contribution in [0.5, 0.6) is 23.0 Å². The molecule has 0 radical (unpaired) electrons. The number of hydrogen-bond donors (Lipinski definition) is 2. The minimum atomic E-state index is -1.00. The van der Waals surface area contributed by atoms with Crippen molar-refractivity contribution in [2.45, 2.75) is 0 Å². The number of benzene rings is 3. The summed E-state index contributed by atoms with van der Waals surface area (Å²) in [6.07, 6.45) is 1.25. The number of amides is 2. The molecule has 0 aromatic heterocycles. The average Bonchev–Trinajstić information content (AvgIpc) is 2.89. The molecule has 0 aliphatic carbocycles. The summed E-state index contributed by atoms with van der Waals surface area (Å²) < 4.78 is 21.7. The second-order valence-corrected chi connectivity index (χ2v) is 7.91. The molecule has 0 unspecified atom stereocenters. The van der Waals surface area contributed by atoms with Crippen LogP contribution in [0.25, 0.3) is 0 Å². The molecular formula is C25H22BrN3O7. The summed E-state index contributed by atoms with van der Waals surface area (Å²) in [5.41, 5.74) is 3.07. The molecule has 2 N–H and O–H groups in total. The lowest BCUT2D eigenvalue weighted by atomic mass is 10.2. The van der Waals surface area contributed by atoms with E-state index < -0.39 is 17.8 Å². The van der Waals surface area contributed by atoms with Crippen LogP contribution < -0.4 is 29.7 Å². The van der Waals surface area contributed by atoms with Crippen molar-refractivity contribution in [3.8, 4) is 23.0 Å². The Labute approximate surface area is 215 Å². The smallest absolute Gasteiger partial charge is 0.343 e. The number of ether oxygens (including phenoxy) is 4. The predicted octanol–water partition coefficient (Wildman–Crippen LogP) is 3.78. The van der Waals surface area contributed by atoms with Gasteiger partial charge in [0.15, 0.2) is 11.5 Å². The molecule has 10 nitrogen and oxygen atoms in total. The van der Waals surface area contributed by atoms with Gasteiger partial charge < -0.3 is 24.3 Å². The van der Waals surface area contributed by atoms with Gasteiger partial charge in [0.1, 0.15) is 11.5 Å². The van der Waals surface area contributed by atoms with Crippen molar-refractivity contribution in [2.75, 3.05) is 26.6 Å². The molecule has 0 saturated heterocycles. The van der Waals surface area contributed by atoms with Gasteiger partial charge in [-0.25, -0.2) is 10.2 Å². The molecule has 0 atom stereocenters. The Kier molecular flexibility index (Phi) is 9.01. The largest absolute Gasteiger partial charge is 0.495 e.